The van der Waals surface area contributed by atoms with Crippen molar-refractivity contribution in [1.29, 1.82) is 0 Å². The molecule has 2 heterocycles. The zero-order valence-electron chi connectivity index (χ0n) is 18.0. The molecule has 6 nitrogen and oxygen atoms in total. The van der Waals surface area contributed by atoms with E-state index in [0.717, 1.165) is 37.8 Å². The second kappa shape index (κ2) is 9.50. The van der Waals surface area contributed by atoms with Crippen LogP contribution in [0.1, 0.15) is 39.5 Å². The lowest BCUT2D eigenvalue weighted by Crippen LogP contribution is -2.55. The van der Waals surface area contributed by atoms with Gasteiger partial charge in [0.15, 0.2) is 5.96 Å². The van der Waals surface area contributed by atoms with Crippen LogP contribution in [0.4, 0.5) is 5.69 Å². The molecule has 156 valence electrons. The standard InChI is InChI=1S/C22H37N5O/c1-22(2,27-13-8-5-9-14-27)17-24-21(23-3)25-18-12-15-26(16-18)19-10-6-7-11-20(19)28-4/h6-7,10-11,18H,5,8-9,12-17H2,1-4H3,(H2,23,24,25). The highest BCUT2D eigenvalue weighted by molar-refractivity contribution is 5.80. The molecule has 1 aromatic carbocycles. The van der Waals surface area contributed by atoms with Gasteiger partial charge in [-0.3, -0.25) is 9.89 Å². The molecular formula is C22H37N5O. The average molecular weight is 388 g/mol. The molecule has 0 aliphatic carbocycles. The lowest BCUT2D eigenvalue weighted by atomic mass is 9.98. The van der Waals surface area contributed by atoms with Crippen LogP contribution in [-0.2, 0) is 0 Å². The number of para-hydroxylation sites is 2. The van der Waals surface area contributed by atoms with Gasteiger partial charge in [0.05, 0.1) is 12.8 Å². The van der Waals surface area contributed by atoms with Crippen molar-refractivity contribution in [2.45, 2.75) is 51.1 Å². The van der Waals surface area contributed by atoms with E-state index >= 15 is 0 Å². The Hall–Kier alpha value is -1.95. The topological polar surface area (TPSA) is 52.1 Å². The maximum atomic E-state index is 5.53. The fourth-order valence-corrected chi connectivity index (χ4v) is 4.29. The van der Waals surface area contributed by atoms with Gasteiger partial charge in [0, 0.05) is 38.3 Å². The fraction of sp³-hybridized carbons (Fsp3) is 0.682. The van der Waals surface area contributed by atoms with Crippen molar-refractivity contribution in [1.82, 2.24) is 15.5 Å². The zero-order chi connectivity index (χ0) is 20.0. The summed E-state index contributed by atoms with van der Waals surface area (Å²) >= 11 is 0. The summed E-state index contributed by atoms with van der Waals surface area (Å²) in [5, 5.41) is 7.18. The first-order valence-corrected chi connectivity index (χ1v) is 10.6. The molecule has 2 fully saturated rings. The molecule has 3 rings (SSSR count). The second-order valence-electron chi connectivity index (χ2n) is 8.53. The predicted molar refractivity (Wildman–Crippen MR) is 118 cm³/mol. The highest BCUT2D eigenvalue weighted by Gasteiger charge is 2.29. The maximum Gasteiger partial charge on any atom is 0.191 e. The third-order valence-corrected chi connectivity index (χ3v) is 6.08. The average Bonchev–Trinajstić information content (AvgIpc) is 3.20. The minimum absolute atomic E-state index is 0.136. The quantitative estimate of drug-likeness (QED) is 0.581. The molecule has 6 heteroatoms. The third-order valence-electron chi connectivity index (χ3n) is 6.08. The van der Waals surface area contributed by atoms with E-state index in [1.807, 2.05) is 19.2 Å². The SMILES string of the molecule is CN=C(NCC(C)(C)N1CCCCC1)NC1CCN(c2ccccc2OC)C1. The van der Waals surface area contributed by atoms with E-state index in [0.29, 0.717) is 6.04 Å². The Labute approximate surface area is 170 Å². The monoisotopic (exact) mass is 387 g/mol. The number of methoxy groups -OCH3 is 1. The number of hydrogen-bond acceptors (Lipinski definition) is 4. The summed E-state index contributed by atoms with van der Waals surface area (Å²) in [6, 6.07) is 8.63. The van der Waals surface area contributed by atoms with Crippen molar-refractivity contribution in [2.24, 2.45) is 4.99 Å². The molecule has 2 saturated heterocycles. The number of hydrogen-bond donors (Lipinski definition) is 2. The Morgan fingerprint density at radius 3 is 2.64 bits per heavy atom. The summed E-state index contributed by atoms with van der Waals surface area (Å²) in [5.74, 6) is 1.84. The Kier molecular flexibility index (Phi) is 7.05. The lowest BCUT2D eigenvalue weighted by Gasteiger charge is -2.41. The van der Waals surface area contributed by atoms with Crippen LogP contribution in [0.3, 0.4) is 0 Å². The van der Waals surface area contributed by atoms with Gasteiger partial charge in [0.25, 0.3) is 0 Å². The van der Waals surface area contributed by atoms with Crippen molar-refractivity contribution >= 4 is 11.6 Å². The van der Waals surface area contributed by atoms with E-state index < -0.39 is 0 Å². The summed E-state index contributed by atoms with van der Waals surface area (Å²) in [6.45, 7) is 9.95. The summed E-state index contributed by atoms with van der Waals surface area (Å²) in [4.78, 5) is 9.46. The van der Waals surface area contributed by atoms with Crippen LogP contribution in [0, 0.1) is 0 Å². The van der Waals surface area contributed by atoms with Gasteiger partial charge in [-0.25, -0.2) is 0 Å². The van der Waals surface area contributed by atoms with Gasteiger partial charge in [0.2, 0.25) is 0 Å². The number of piperidine rings is 1. The number of ether oxygens (including phenoxy) is 1. The van der Waals surface area contributed by atoms with Crippen LogP contribution in [0.15, 0.2) is 29.3 Å². The molecule has 1 aromatic rings. The number of guanidine groups is 1. The van der Waals surface area contributed by atoms with Crippen molar-refractivity contribution in [3.8, 4) is 5.75 Å². The first kappa shape index (κ1) is 20.8. The molecule has 1 unspecified atom stereocenters. The first-order valence-electron chi connectivity index (χ1n) is 10.6. The Morgan fingerprint density at radius 1 is 1.18 bits per heavy atom. The van der Waals surface area contributed by atoms with Crippen LogP contribution in [0.2, 0.25) is 0 Å². The number of nitrogens with one attached hydrogen (secondary N) is 2. The largest absolute Gasteiger partial charge is 0.495 e. The fourth-order valence-electron chi connectivity index (χ4n) is 4.29. The minimum atomic E-state index is 0.136. The minimum Gasteiger partial charge on any atom is -0.495 e. The number of rotatable bonds is 6. The van der Waals surface area contributed by atoms with E-state index in [1.165, 1.54) is 38.0 Å². The number of benzene rings is 1. The van der Waals surface area contributed by atoms with Gasteiger partial charge in [0.1, 0.15) is 5.75 Å². The second-order valence-corrected chi connectivity index (χ2v) is 8.53. The van der Waals surface area contributed by atoms with Gasteiger partial charge in [-0.2, -0.15) is 0 Å². The number of aliphatic imine (C=N–C) groups is 1. The van der Waals surface area contributed by atoms with E-state index in [1.54, 1.807) is 7.11 Å². The molecule has 2 N–H and O–H groups in total. The van der Waals surface area contributed by atoms with E-state index in [2.05, 4.69) is 51.4 Å². The van der Waals surface area contributed by atoms with Crippen LogP contribution in [0.25, 0.3) is 0 Å². The van der Waals surface area contributed by atoms with E-state index in [9.17, 15) is 0 Å². The summed E-state index contributed by atoms with van der Waals surface area (Å²) in [7, 11) is 3.59. The zero-order valence-corrected chi connectivity index (χ0v) is 18.0. The van der Waals surface area contributed by atoms with E-state index in [-0.39, 0.29) is 5.54 Å². The number of nitrogens with zero attached hydrogens (tertiary/aromatic N) is 3. The van der Waals surface area contributed by atoms with Crippen LogP contribution < -0.4 is 20.3 Å². The molecule has 0 radical (unpaired) electrons. The van der Waals surface area contributed by atoms with Crippen molar-refractivity contribution in [2.75, 3.05) is 51.8 Å². The third kappa shape index (κ3) is 5.10. The predicted octanol–water partition coefficient (Wildman–Crippen LogP) is 2.70. The Balaban J connectivity index is 1.51. The molecule has 1 atom stereocenters. The molecule has 0 amide bonds. The van der Waals surface area contributed by atoms with Gasteiger partial charge in [-0.05, 0) is 58.3 Å². The molecule has 0 bridgehead atoms. The number of likely N-dealkylation sites (tertiary alicyclic amines) is 1. The summed E-state index contributed by atoms with van der Waals surface area (Å²) < 4.78 is 5.53. The van der Waals surface area contributed by atoms with Gasteiger partial charge >= 0.3 is 0 Å². The normalized spacial score (nSPS) is 21.6. The van der Waals surface area contributed by atoms with Gasteiger partial charge in [-0.1, -0.05) is 18.6 Å². The van der Waals surface area contributed by atoms with Gasteiger partial charge < -0.3 is 20.3 Å². The summed E-state index contributed by atoms with van der Waals surface area (Å²) in [5.41, 5.74) is 1.31. The van der Waals surface area contributed by atoms with Gasteiger partial charge in [-0.15, -0.1) is 0 Å². The van der Waals surface area contributed by atoms with E-state index in [4.69, 9.17) is 4.74 Å². The number of anilines is 1. The smallest absolute Gasteiger partial charge is 0.191 e. The Morgan fingerprint density at radius 2 is 1.93 bits per heavy atom. The van der Waals surface area contributed by atoms with Crippen molar-refractivity contribution in [3.63, 3.8) is 0 Å². The highest BCUT2D eigenvalue weighted by atomic mass is 16.5. The van der Waals surface area contributed by atoms with Crippen LogP contribution >= 0.6 is 0 Å². The molecule has 0 saturated carbocycles. The molecule has 28 heavy (non-hydrogen) atoms. The molecule has 0 aromatic heterocycles. The summed E-state index contributed by atoms with van der Waals surface area (Å²) in [6.07, 6.45) is 5.09. The molecular weight excluding hydrogens is 350 g/mol. The highest BCUT2D eigenvalue weighted by Crippen LogP contribution is 2.30. The van der Waals surface area contributed by atoms with Crippen LogP contribution in [-0.4, -0.2) is 69.3 Å². The van der Waals surface area contributed by atoms with Crippen molar-refractivity contribution < 1.29 is 4.74 Å². The Bertz CT molecular complexity index is 654. The maximum absolute atomic E-state index is 5.53. The van der Waals surface area contributed by atoms with Crippen LogP contribution in [0.5, 0.6) is 5.75 Å². The molecule has 2 aliphatic rings. The first-order chi connectivity index (χ1) is 13.5. The van der Waals surface area contributed by atoms with Crippen molar-refractivity contribution in [3.05, 3.63) is 24.3 Å². The lowest BCUT2D eigenvalue weighted by molar-refractivity contribution is 0.0982. The molecule has 2 aliphatic heterocycles. The molecule has 0 spiro atoms.